The van der Waals surface area contributed by atoms with E-state index in [-0.39, 0.29) is 11.9 Å². The van der Waals surface area contributed by atoms with Crippen LogP contribution in [-0.4, -0.2) is 24.8 Å². The van der Waals surface area contributed by atoms with Crippen molar-refractivity contribution >= 4 is 5.69 Å². The number of anilines is 1. The summed E-state index contributed by atoms with van der Waals surface area (Å²) in [5, 5.41) is 9.12. The van der Waals surface area contributed by atoms with Crippen molar-refractivity contribution in [3.8, 4) is 0 Å². The van der Waals surface area contributed by atoms with E-state index in [0.717, 1.165) is 5.69 Å². The molecule has 72 valence electrons. The number of aliphatic hydroxyl groups is 1. The van der Waals surface area contributed by atoms with Gasteiger partial charge in [-0.05, 0) is 31.2 Å². The summed E-state index contributed by atoms with van der Waals surface area (Å²) in [6.45, 7) is 2.27. The molecular weight excluding hydrogens is 169 g/mol. The number of hydrogen-bond donors (Lipinski definition) is 1. The summed E-state index contributed by atoms with van der Waals surface area (Å²) < 4.78 is 12.5. The average molecular weight is 183 g/mol. The second-order valence-electron chi connectivity index (χ2n) is 3.21. The Morgan fingerprint density at radius 2 is 1.92 bits per heavy atom. The fraction of sp³-hybridized carbons (Fsp3) is 0.400. The highest BCUT2D eigenvalue weighted by atomic mass is 19.1. The zero-order chi connectivity index (χ0) is 9.84. The van der Waals surface area contributed by atoms with Crippen LogP contribution >= 0.6 is 0 Å². The second kappa shape index (κ2) is 4.23. The van der Waals surface area contributed by atoms with E-state index in [1.54, 1.807) is 19.1 Å². The number of aliphatic hydroxyl groups excluding tert-OH is 1. The molecule has 1 aromatic carbocycles. The highest BCUT2D eigenvalue weighted by Crippen LogP contribution is 2.12. The van der Waals surface area contributed by atoms with Crippen LogP contribution in [-0.2, 0) is 0 Å². The molecule has 0 bridgehead atoms. The predicted octanol–water partition coefficient (Wildman–Crippen LogP) is 1.64. The molecule has 0 aromatic heterocycles. The lowest BCUT2D eigenvalue weighted by atomic mass is 10.2. The maximum absolute atomic E-state index is 12.5. The molecule has 0 radical (unpaired) electrons. The summed E-state index contributed by atoms with van der Waals surface area (Å²) >= 11 is 0. The lowest BCUT2D eigenvalue weighted by Gasteiger charge is -2.20. The summed E-state index contributed by atoms with van der Waals surface area (Å²) in [6, 6.07) is 6.21. The van der Waals surface area contributed by atoms with Crippen molar-refractivity contribution in [2.24, 2.45) is 0 Å². The van der Waals surface area contributed by atoms with Crippen LogP contribution < -0.4 is 4.90 Å². The summed E-state index contributed by atoms with van der Waals surface area (Å²) in [5.74, 6) is -0.241. The fourth-order valence-electron chi connectivity index (χ4n) is 1.20. The fourth-order valence-corrected chi connectivity index (χ4v) is 1.20. The van der Waals surface area contributed by atoms with Crippen molar-refractivity contribution in [2.45, 2.75) is 13.0 Å². The van der Waals surface area contributed by atoms with Gasteiger partial charge in [0.05, 0.1) is 6.10 Å². The molecule has 0 heterocycles. The predicted molar refractivity (Wildman–Crippen MR) is 51.4 cm³/mol. The molecule has 13 heavy (non-hydrogen) atoms. The van der Waals surface area contributed by atoms with Gasteiger partial charge in [-0.2, -0.15) is 0 Å². The van der Waals surface area contributed by atoms with E-state index < -0.39 is 0 Å². The number of nitrogens with zero attached hydrogens (tertiary/aromatic N) is 1. The Labute approximate surface area is 77.6 Å². The molecule has 1 rings (SSSR count). The first-order valence-corrected chi connectivity index (χ1v) is 4.24. The van der Waals surface area contributed by atoms with E-state index in [9.17, 15) is 4.39 Å². The van der Waals surface area contributed by atoms with Gasteiger partial charge in [0, 0.05) is 19.3 Å². The lowest BCUT2D eigenvalue weighted by Crippen LogP contribution is -2.26. The molecule has 0 amide bonds. The number of hydrogen-bond acceptors (Lipinski definition) is 2. The molecule has 1 atom stereocenters. The molecule has 3 heteroatoms. The van der Waals surface area contributed by atoms with E-state index in [2.05, 4.69) is 0 Å². The Balaban J connectivity index is 2.66. The topological polar surface area (TPSA) is 23.5 Å². The molecule has 0 fully saturated rings. The summed E-state index contributed by atoms with van der Waals surface area (Å²) in [5.41, 5.74) is 0.905. The van der Waals surface area contributed by atoms with Crippen LogP contribution in [0.5, 0.6) is 0 Å². The molecule has 1 N–H and O–H groups in total. The third kappa shape index (κ3) is 3.03. The van der Waals surface area contributed by atoms with Crippen LogP contribution in [0.15, 0.2) is 24.3 Å². The monoisotopic (exact) mass is 183 g/mol. The average Bonchev–Trinajstić information content (AvgIpc) is 2.04. The third-order valence-electron chi connectivity index (χ3n) is 1.81. The van der Waals surface area contributed by atoms with Gasteiger partial charge in [0.15, 0.2) is 0 Å². The smallest absolute Gasteiger partial charge is 0.123 e. The minimum atomic E-state index is -0.380. The number of likely N-dealkylation sites (N-methyl/N-ethyl adjacent to an activating group) is 1. The van der Waals surface area contributed by atoms with Gasteiger partial charge in [0.1, 0.15) is 5.82 Å². The summed E-state index contributed by atoms with van der Waals surface area (Å²) in [7, 11) is 1.86. The molecule has 1 aromatic rings. The molecule has 2 nitrogen and oxygen atoms in total. The van der Waals surface area contributed by atoms with Gasteiger partial charge in [-0.15, -0.1) is 0 Å². The van der Waals surface area contributed by atoms with Crippen LogP contribution in [0.4, 0.5) is 10.1 Å². The Morgan fingerprint density at radius 3 is 2.38 bits per heavy atom. The zero-order valence-electron chi connectivity index (χ0n) is 7.87. The standard InChI is InChI=1S/C10H14FNO/c1-8(13)7-12(2)10-5-3-9(11)4-6-10/h3-6,8,13H,7H2,1-2H3/t8-/m0/s1. The number of halogens is 1. The molecule has 0 unspecified atom stereocenters. The maximum atomic E-state index is 12.5. The highest BCUT2D eigenvalue weighted by molar-refractivity contribution is 5.45. The first-order valence-electron chi connectivity index (χ1n) is 4.24. The number of rotatable bonds is 3. The SMILES string of the molecule is C[C@H](O)CN(C)c1ccc(F)cc1. The molecule has 0 aliphatic heterocycles. The van der Waals surface area contributed by atoms with Gasteiger partial charge in [-0.1, -0.05) is 0 Å². The Bertz CT molecular complexity index is 258. The van der Waals surface area contributed by atoms with Crippen molar-refractivity contribution in [1.29, 1.82) is 0 Å². The second-order valence-corrected chi connectivity index (χ2v) is 3.21. The van der Waals surface area contributed by atoms with Gasteiger partial charge < -0.3 is 10.0 Å². The van der Waals surface area contributed by atoms with E-state index in [1.165, 1.54) is 12.1 Å². The maximum Gasteiger partial charge on any atom is 0.123 e. The largest absolute Gasteiger partial charge is 0.392 e. The van der Waals surface area contributed by atoms with E-state index in [0.29, 0.717) is 6.54 Å². The molecule has 0 aliphatic rings. The minimum Gasteiger partial charge on any atom is -0.392 e. The van der Waals surface area contributed by atoms with Gasteiger partial charge in [0.25, 0.3) is 0 Å². The molecular formula is C10H14FNO. The molecule has 0 spiro atoms. The highest BCUT2D eigenvalue weighted by Gasteiger charge is 2.03. The number of benzene rings is 1. The normalized spacial score (nSPS) is 12.6. The van der Waals surface area contributed by atoms with Gasteiger partial charge in [0.2, 0.25) is 0 Å². The summed E-state index contributed by atoms with van der Waals surface area (Å²) in [4.78, 5) is 1.88. The molecule has 0 saturated carbocycles. The van der Waals surface area contributed by atoms with Crippen LogP contribution in [0.3, 0.4) is 0 Å². The first-order chi connectivity index (χ1) is 6.09. The summed E-state index contributed by atoms with van der Waals surface area (Å²) in [6.07, 6.45) is -0.380. The minimum absolute atomic E-state index is 0.241. The van der Waals surface area contributed by atoms with Crippen molar-refractivity contribution in [2.75, 3.05) is 18.5 Å². The van der Waals surface area contributed by atoms with Crippen LogP contribution in [0, 0.1) is 5.82 Å². The third-order valence-corrected chi connectivity index (χ3v) is 1.81. The van der Waals surface area contributed by atoms with Crippen molar-refractivity contribution in [3.63, 3.8) is 0 Å². The van der Waals surface area contributed by atoms with Crippen LogP contribution in [0.1, 0.15) is 6.92 Å². The quantitative estimate of drug-likeness (QED) is 0.770. The van der Waals surface area contributed by atoms with E-state index >= 15 is 0 Å². The van der Waals surface area contributed by atoms with Crippen molar-refractivity contribution < 1.29 is 9.50 Å². The van der Waals surface area contributed by atoms with E-state index in [1.807, 2.05) is 11.9 Å². The Kier molecular flexibility index (Phi) is 3.25. The van der Waals surface area contributed by atoms with Gasteiger partial charge in [-0.25, -0.2) is 4.39 Å². The Morgan fingerprint density at radius 1 is 1.38 bits per heavy atom. The van der Waals surface area contributed by atoms with Gasteiger partial charge >= 0.3 is 0 Å². The van der Waals surface area contributed by atoms with Crippen LogP contribution in [0.2, 0.25) is 0 Å². The molecule has 0 saturated heterocycles. The van der Waals surface area contributed by atoms with E-state index in [4.69, 9.17) is 5.11 Å². The van der Waals surface area contributed by atoms with Crippen LogP contribution in [0.25, 0.3) is 0 Å². The first kappa shape index (κ1) is 9.99. The van der Waals surface area contributed by atoms with Crippen molar-refractivity contribution in [3.05, 3.63) is 30.1 Å². The van der Waals surface area contributed by atoms with Crippen molar-refractivity contribution in [1.82, 2.24) is 0 Å². The lowest BCUT2D eigenvalue weighted by molar-refractivity contribution is 0.201. The zero-order valence-corrected chi connectivity index (χ0v) is 7.87. The van der Waals surface area contributed by atoms with Gasteiger partial charge in [-0.3, -0.25) is 0 Å². The molecule has 0 aliphatic carbocycles. The Hall–Kier alpha value is -1.09.